The van der Waals surface area contributed by atoms with Crippen molar-refractivity contribution in [3.63, 3.8) is 0 Å². The van der Waals surface area contributed by atoms with Gasteiger partial charge < -0.3 is 10.3 Å². The molecule has 0 spiro atoms. The predicted molar refractivity (Wildman–Crippen MR) is 58.8 cm³/mol. The Morgan fingerprint density at radius 1 is 1.36 bits per heavy atom. The largest absolute Gasteiger partial charge is 0.398 e. The molecule has 72 valence electrons. The van der Waals surface area contributed by atoms with Crippen LogP contribution < -0.4 is 5.73 Å². The average molecular weight is 253 g/mol. The van der Waals surface area contributed by atoms with E-state index in [0.717, 1.165) is 21.5 Å². The highest BCUT2D eigenvalue weighted by Gasteiger charge is 2.13. The van der Waals surface area contributed by atoms with E-state index >= 15 is 0 Å². The Labute approximate surface area is 90.0 Å². The fraction of sp³-hybridized carbons (Fsp3) is 0.100. The van der Waals surface area contributed by atoms with Gasteiger partial charge in [-0.3, -0.25) is 0 Å². The Morgan fingerprint density at radius 2 is 2.07 bits per heavy atom. The van der Waals surface area contributed by atoms with Crippen LogP contribution in [0.1, 0.15) is 5.76 Å². The van der Waals surface area contributed by atoms with Gasteiger partial charge in [0.1, 0.15) is 11.5 Å². The van der Waals surface area contributed by atoms with Gasteiger partial charge in [0.05, 0.1) is 4.47 Å². The number of benzene rings is 1. The Kier molecular flexibility index (Phi) is 2.29. The molecule has 0 atom stereocenters. The van der Waals surface area contributed by atoms with Crippen LogP contribution in [0.25, 0.3) is 11.3 Å². The number of hydrogen-bond acceptors (Lipinski definition) is 3. The first-order valence-corrected chi connectivity index (χ1v) is 4.96. The number of nitrogens with two attached hydrogens (primary N) is 1. The molecule has 0 aliphatic carbocycles. The minimum atomic E-state index is 0.696. The number of aryl methyl sites for hydroxylation is 1. The molecule has 0 aliphatic heterocycles. The minimum Gasteiger partial charge on any atom is -0.398 e. The molecule has 0 amide bonds. The van der Waals surface area contributed by atoms with Gasteiger partial charge >= 0.3 is 0 Å². The molecule has 2 N–H and O–H groups in total. The van der Waals surface area contributed by atoms with Crippen LogP contribution in [0.4, 0.5) is 5.69 Å². The van der Waals surface area contributed by atoms with E-state index in [1.54, 1.807) is 0 Å². The minimum absolute atomic E-state index is 0.696. The first-order valence-electron chi connectivity index (χ1n) is 4.17. The zero-order chi connectivity index (χ0) is 10.1. The fourth-order valence-electron chi connectivity index (χ4n) is 1.24. The molecule has 3 nitrogen and oxygen atoms in total. The molecule has 0 saturated heterocycles. The van der Waals surface area contributed by atoms with Gasteiger partial charge in [0.2, 0.25) is 0 Å². The van der Waals surface area contributed by atoms with E-state index in [1.165, 1.54) is 0 Å². The van der Waals surface area contributed by atoms with E-state index in [0.29, 0.717) is 5.69 Å². The Hall–Kier alpha value is -1.29. The van der Waals surface area contributed by atoms with Crippen LogP contribution in [0.5, 0.6) is 0 Å². The lowest BCUT2D eigenvalue weighted by atomic mass is 10.1. The van der Waals surface area contributed by atoms with Crippen LogP contribution in [0.2, 0.25) is 0 Å². The SMILES string of the molecule is Cc1onc(-c2ccccc2N)c1Br. The summed E-state index contributed by atoms with van der Waals surface area (Å²) in [6.07, 6.45) is 0. The summed E-state index contributed by atoms with van der Waals surface area (Å²) < 4.78 is 5.91. The van der Waals surface area contributed by atoms with Crippen molar-refractivity contribution in [2.24, 2.45) is 0 Å². The Bertz CT molecular complexity index is 465. The van der Waals surface area contributed by atoms with Crippen molar-refractivity contribution < 1.29 is 4.52 Å². The van der Waals surface area contributed by atoms with Gasteiger partial charge in [0, 0.05) is 11.3 Å². The summed E-state index contributed by atoms with van der Waals surface area (Å²) in [5.74, 6) is 0.753. The number of halogens is 1. The maximum atomic E-state index is 5.83. The second-order valence-corrected chi connectivity index (χ2v) is 3.78. The lowest BCUT2D eigenvalue weighted by molar-refractivity contribution is 0.399. The van der Waals surface area contributed by atoms with Crippen LogP contribution in [-0.4, -0.2) is 5.16 Å². The molecule has 0 bridgehead atoms. The van der Waals surface area contributed by atoms with Gasteiger partial charge in [-0.15, -0.1) is 0 Å². The molecule has 1 heterocycles. The number of hydrogen-bond donors (Lipinski definition) is 1. The van der Waals surface area contributed by atoms with Crippen molar-refractivity contribution in [1.29, 1.82) is 0 Å². The highest BCUT2D eigenvalue weighted by Crippen LogP contribution is 2.32. The van der Waals surface area contributed by atoms with Crippen LogP contribution in [-0.2, 0) is 0 Å². The quantitative estimate of drug-likeness (QED) is 0.795. The van der Waals surface area contributed by atoms with E-state index in [4.69, 9.17) is 10.3 Å². The maximum absolute atomic E-state index is 5.83. The third kappa shape index (κ3) is 1.42. The molecule has 1 aromatic heterocycles. The Balaban J connectivity index is 2.60. The number of aromatic nitrogens is 1. The summed E-state index contributed by atoms with van der Waals surface area (Å²) in [6, 6.07) is 7.56. The summed E-state index contributed by atoms with van der Waals surface area (Å²) in [6.45, 7) is 1.85. The normalized spacial score (nSPS) is 10.4. The molecule has 14 heavy (non-hydrogen) atoms. The summed E-state index contributed by atoms with van der Waals surface area (Å²) in [7, 11) is 0. The zero-order valence-corrected chi connectivity index (χ0v) is 9.21. The van der Waals surface area contributed by atoms with Gasteiger partial charge in [-0.2, -0.15) is 0 Å². The number of anilines is 1. The number of rotatable bonds is 1. The highest BCUT2D eigenvalue weighted by molar-refractivity contribution is 9.10. The molecule has 0 fully saturated rings. The molecule has 0 unspecified atom stereocenters. The standard InChI is InChI=1S/C10H9BrN2O/c1-6-9(11)10(13-14-6)7-4-2-3-5-8(7)12/h2-5H,12H2,1H3. The van der Waals surface area contributed by atoms with Crippen LogP contribution in [0.15, 0.2) is 33.3 Å². The van der Waals surface area contributed by atoms with E-state index in [2.05, 4.69) is 21.1 Å². The highest BCUT2D eigenvalue weighted by atomic mass is 79.9. The molecule has 2 rings (SSSR count). The number of nitrogens with zero attached hydrogens (tertiary/aromatic N) is 1. The average Bonchev–Trinajstić information content (AvgIpc) is 2.49. The number of nitrogen functional groups attached to an aromatic ring is 1. The van der Waals surface area contributed by atoms with Crippen molar-refractivity contribution in [3.8, 4) is 11.3 Å². The van der Waals surface area contributed by atoms with Gasteiger partial charge in [0.15, 0.2) is 0 Å². The van der Waals surface area contributed by atoms with E-state index < -0.39 is 0 Å². The molecule has 4 heteroatoms. The van der Waals surface area contributed by atoms with Crippen LogP contribution >= 0.6 is 15.9 Å². The van der Waals surface area contributed by atoms with Crippen molar-refractivity contribution >= 4 is 21.6 Å². The van der Waals surface area contributed by atoms with Crippen LogP contribution in [0, 0.1) is 6.92 Å². The van der Waals surface area contributed by atoms with Gasteiger partial charge in [0.25, 0.3) is 0 Å². The summed E-state index contributed by atoms with van der Waals surface area (Å²) in [4.78, 5) is 0. The van der Waals surface area contributed by atoms with Crippen molar-refractivity contribution in [1.82, 2.24) is 5.16 Å². The second kappa shape index (κ2) is 3.46. The van der Waals surface area contributed by atoms with Gasteiger partial charge in [-0.05, 0) is 28.9 Å². The van der Waals surface area contributed by atoms with E-state index in [1.807, 2.05) is 31.2 Å². The van der Waals surface area contributed by atoms with E-state index in [9.17, 15) is 0 Å². The molecule has 0 saturated carbocycles. The molecule has 2 aromatic rings. The Morgan fingerprint density at radius 3 is 2.64 bits per heavy atom. The number of para-hydroxylation sites is 1. The topological polar surface area (TPSA) is 52.0 Å². The lowest BCUT2D eigenvalue weighted by Crippen LogP contribution is -1.89. The molecule has 1 aromatic carbocycles. The summed E-state index contributed by atoms with van der Waals surface area (Å²) in [5.41, 5.74) is 8.16. The smallest absolute Gasteiger partial charge is 0.148 e. The third-order valence-electron chi connectivity index (χ3n) is 2.01. The van der Waals surface area contributed by atoms with Crippen molar-refractivity contribution in [2.45, 2.75) is 6.92 Å². The monoisotopic (exact) mass is 252 g/mol. The molecular formula is C10H9BrN2O. The second-order valence-electron chi connectivity index (χ2n) is 2.99. The lowest BCUT2D eigenvalue weighted by Gasteiger charge is -2.00. The molecular weight excluding hydrogens is 244 g/mol. The maximum Gasteiger partial charge on any atom is 0.148 e. The fourth-order valence-corrected chi connectivity index (χ4v) is 1.60. The van der Waals surface area contributed by atoms with E-state index in [-0.39, 0.29) is 0 Å². The molecule has 0 radical (unpaired) electrons. The summed E-state index contributed by atoms with van der Waals surface area (Å²) in [5, 5.41) is 3.94. The van der Waals surface area contributed by atoms with Crippen molar-refractivity contribution in [2.75, 3.05) is 5.73 Å². The zero-order valence-electron chi connectivity index (χ0n) is 7.62. The predicted octanol–water partition coefficient (Wildman–Crippen LogP) is 2.99. The summed E-state index contributed by atoms with van der Waals surface area (Å²) >= 11 is 3.41. The van der Waals surface area contributed by atoms with Crippen molar-refractivity contribution in [3.05, 3.63) is 34.5 Å². The molecule has 0 aliphatic rings. The first-order chi connectivity index (χ1) is 6.70. The van der Waals surface area contributed by atoms with Crippen LogP contribution in [0.3, 0.4) is 0 Å². The van der Waals surface area contributed by atoms with Gasteiger partial charge in [-0.25, -0.2) is 0 Å². The first kappa shape index (κ1) is 9.27. The van der Waals surface area contributed by atoms with Gasteiger partial charge in [-0.1, -0.05) is 23.4 Å². The third-order valence-corrected chi connectivity index (χ3v) is 2.94.